The van der Waals surface area contributed by atoms with Gasteiger partial charge in [-0.3, -0.25) is 0 Å². The summed E-state index contributed by atoms with van der Waals surface area (Å²) < 4.78 is 6.69. The molecule has 0 bridgehead atoms. The van der Waals surface area contributed by atoms with E-state index in [1.807, 2.05) is 36.4 Å². The van der Waals surface area contributed by atoms with Gasteiger partial charge in [-0.05, 0) is 70.1 Å². The van der Waals surface area contributed by atoms with Gasteiger partial charge in [-0.1, -0.05) is 175 Å². The largest absolute Gasteiger partial charge is 0.456 e. The van der Waals surface area contributed by atoms with Crippen LogP contribution in [0.2, 0.25) is 0 Å². The van der Waals surface area contributed by atoms with Crippen LogP contribution in [0.25, 0.3) is 101 Å². The molecule has 8 aromatic carbocycles. The van der Waals surface area contributed by atoms with Gasteiger partial charge >= 0.3 is 0 Å². The van der Waals surface area contributed by atoms with Crippen LogP contribution >= 0.6 is 0 Å². The van der Waals surface area contributed by atoms with Gasteiger partial charge in [0.25, 0.3) is 0 Å². The summed E-state index contributed by atoms with van der Waals surface area (Å²) in [5.41, 5.74) is 14.7. The Hall–Kier alpha value is -7.43. The van der Waals surface area contributed by atoms with Crippen molar-refractivity contribution in [2.45, 2.75) is 6.92 Å². The summed E-state index contributed by atoms with van der Waals surface area (Å²) in [4.78, 5) is 15.2. The predicted octanol–water partition coefficient (Wildman–Crippen LogP) is 13.7. The minimum Gasteiger partial charge on any atom is -0.456 e. The molecule has 0 aliphatic carbocycles. The molecule has 0 amide bonds. The molecule has 0 radical (unpaired) electrons. The van der Waals surface area contributed by atoms with Crippen LogP contribution in [0.1, 0.15) is 5.56 Å². The van der Waals surface area contributed by atoms with Crippen molar-refractivity contribution >= 4 is 21.9 Å². The minimum absolute atomic E-state index is 0.582. The van der Waals surface area contributed by atoms with Crippen molar-refractivity contribution in [3.63, 3.8) is 0 Å². The topological polar surface area (TPSA) is 51.8 Å². The Morgan fingerprint density at radius 3 is 1.52 bits per heavy atom. The quantitative estimate of drug-likeness (QED) is 0.165. The summed E-state index contributed by atoms with van der Waals surface area (Å²) in [5.74, 6) is 1.81. The van der Waals surface area contributed by atoms with Gasteiger partial charge in [0.1, 0.15) is 11.2 Å². The summed E-state index contributed by atoms with van der Waals surface area (Å²) in [7, 11) is 0. The first-order valence-corrected chi connectivity index (χ1v) is 18.8. The average molecular weight is 718 g/mol. The van der Waals surface area contributed by atoms with Gasteiger partial charge in [-0.2, -0.15) is 0 Å². The van der Waals surface area contributed by atoms with Crippen LogP contribution in [0.15, 0.2) is 199 Å². The van der Waals surface area contributed by atoms with E-state index in [2.05, 4.69) is 165 Å². The van der Waals surface area contributed by atoms with Crippen molar-refractivity contribution in [1.82, 2.24) is 15.0 Å². The molecule has 264 valence electrons. The highest BCUT2D eigenvalue weighted by Gasteiger charge is 2.20. The highest BCUT2D eigenvalue weighted by Crippen LogP contribution is 2.44. The number of furan rings is 1. The Morgan fingerprint density at radius 1 is 0.339 bits per heavy atom. The Bertz CT molecular complexity index is 3010. The lowest BCUT2D eigenvalue weighted by Crippen LogP contribution is -2.00. The van der Waals surface area contributed by atoms with Crippen molar-refractivity contribution in [2.75, 3.05) is 0 Å². The van der Waals surface area contributed by atoms with Crippen molar-refractivity contribution in [3.05, 3.63) is 200 Å². The number of hydrogen-bond donors (Lipinski definition) is 0. The molecule has 10 aromatic rings. The van der Waals surface area contributed by atoms with Gasteiger partial charge in [0.2, 0.25) is 0 Å². The van der Waals surface area contributed by atoms with E-state index in [0.29, 0.717) is 17.5 Å². The third-order valence-corrected chi connectivity index (χ3v) is 10.4. The molecule has 0 N–H and O–H groups in total. The van der Waals surface area contributed by atoms with E-state index in [9.17, 15) is 0 Å². The number of fused-ring (bicyclic) bond motifs is 3. The zero-order valence-corrected chi connectivity index (χ0v) is 30.7. The lowest BCUT2D eigenvalue weighted by molar-refractivity contribution is 0.669. The molecule has 2 aromatic heterocycles. The molecule has 0 unspecified atom stereocenters. The van der Waals surface area contributed by atoms with E-state index in [1.54, 1.807) is 0 Å². The van der Waals surface area contributed by atoms with E-state index in [0.717, 1.165) is 72.0 Å². The summed E-state index contributed by atoms with van der Waals surface area (Å²) in [5, 5.41) is 2.11. The highest BCUT2D eigenvalue weighted by molar-refractivity contribution is 6.16. The molecule has 56 heavy (non-hydrogen) atoms. The van der Waals surface area contributed by atoms with Crippen molar-refractivity contribution in [1.29, 1.82) is 0 Å². The van der Waals surface area contributed by atoms with E-state index in [-0.39, 0.29) is 0 Å². The van der Waals surface area contributed by atoms with Crippen LogP contribution in [0, 0.1) is 6.92 Å². The Morgan fingerprint density at radius 2 is 0.839 bits per heavy atom. The first kappa shape index (κ1) is 33.2. The molecule has 0 spiro atoms. The summed E-state index contributed by atoms with van der Waals surface area (Å²) >= 11 is 0. The summed E-state index contributed by atoms with van der Waals surface area (Å²) in [6.45, 7) is 2.11. The molecule has 0 saturated heterocycles. The third kappa shape index (κ3) is 6.23. The van der Waals surface area contributed by atoms with Crippen LogP contribution in [0.5, 0.6) is 0 Å². The fourth-order valence-electron chi connectivity index (χ4n) is 7.64. The highest BCUT2D eigenvalue weighted by atomic mass is 16.3. The fourth-order valence-corrected chi connectivity index (χ4v) is 7.64. The van der Waals surface area contributed by atoms with Crippen LogP contribution in [0.3, 0.4) is 0 Å². The maximum absolute atomic E-state index is 6.69. The van der Waals surface area contributed by atoms with E-state index < -0.39 is 0 Å². The molecular weight excluding hydrogens is 683 g/mol. The zero-order valence-electron chi connectivity index (χ0n) is 30.7. The maximum atomic E-state index is 6.69. The number of hydrogen-bond acceptors (Lipinski definition) is 4. The molecule has 0 atom stereocenters. The lowest BCUT2D eigenvalue weighted by Gasteiger charge is -2.13. The molecule has 0 aliphatic rings. The number of benzene rings is 8. The Kier molecular flexibility index (Phi) is 8.34. The lowest BCUT2D eigenvalue weighted by atomic mass is 9.90. The molecule has 0 fully saturated rings. The van der Waals surface area contributed by atoms with Crippen molar-refractivity contribution < 1.29 is 4.42 Å². The van der Waals surface area contributed by atoms with E-state index >= 15 is 0 Å². The average Bonchev–Trinajstić information content (AvgIpc) is 3.65. The normalized spacial score (nSPS) is 11.3. The first-order valence-electron chi connectivity index (χ1n) is 18.8. The van der Waals surface area contributed by atoms with Crippen LogP contribution < -0.4 is 0 Å². The van der Waals surface area contributed by atoms with Crippen LogP contribution in [0.4, 0.5) is 0 Å². The van der Waals surface area contributed by atoms with Gasteiger partial charge < -0.3 is 4.42 Å². The SMILES string of the molecule is Cc1cccc(-c2cccc(-c3nc(-c4ccccc4)nc(-c4ccc5c(c4)oc4ccc(-c6ccccc6)c(-c6ccc(-c7ccccc7)cc6)c45)n3)c2)c1. The second-order valence-corrected chi connectivity index (χ2v) is 14.1. The molecule has 4 heteroatoms. The second kappa shape index (κ2) is 14.1. The number of aromatic nitrogens is 3. The minimum atomic E-state index is 0.582. The van der Waals surface area contributed by atoms with Gasteiger partial charge in [-0.15, -0.1) is 0 Å². The number of nitrogens with zero attached hydrogens (tertiary/aromatic N) is 3. The molecular formula is C52H35N3O. The summed E-state index contributed by atoms with van der Waals surface area (Å²) in [6, 6.07) is 67.6. The Balaban J connectivity index is 1.13. The van der Waals surface area contributed by atoms with Gasteiger partial charge in [0.15, 0.2) is 17.5 Å². The monoisotopic (exact) mass is 717 g/mol. The fraction of sp³-hybridized carbons (Fsp3) is 0.0192. The molecule has 0 aliphatic heterocycles. The first-order chi connectivity index (χ1) is 27.6. The molecule has 2 heterocycles. The Labute approximate surface area is 325 Å². The number of aryl methyl sites for hydroxylation is 1. The van der Waals surface area contributed by atoms with Crippen molar-refractivity contribution in [3.8, 4) is 78.7 Å². The summed E-state index contributed by atoms with van der Waals surface area (Å²) in [6.07, 6.45) is 0. The van der Waals surface area contributed by atoms with Crippen LogP contribution in [-0.4, -0.2) is 15.0 Å². The van der Waals surface area contributed by atoms with Gasteiger partial charge in [0, 0.05) is 33.0 Å². The standard InChI is InChI=1S/C52H35N3O/c1-34-13-11-20-40(31-34)41-21-12-22-42(32-41)51-53-50(39-18-9-4-10-19-39)54-52(55-51)43-27-28-45-47(33-43)56-46-30-29-44(37-16-7-3-8-17-37)48(49(45)46)38-25-23-36(24-26-38)35-14-5-2-6-15-35/h2-33H,1H3. The third-order valence-electron chi connectivity index (χ3n) is 10.4. The van der Waals surface area contributed by atoms with Gasteiger partial charge in [-0.25, -0.2) is 15.0 Å². The van der Waals surface area contributed by atoms with E-state index in [4.69, 9.17) is 19.4 Å². The second-order valence-electron chi connectivity index (χ2n) is 14.1. The van der Waals surface area contributed by atoms with Crippen molar-refractivity contribution in [2.24, 2.45) is 0 Å². The molecule has 10 rings (SSSR count). The maximum Gasteiger partial charge on any atom is 0.164 e. The predicted molar refractivity (Wildman–Crippen MR) is 230 cm³/mol. The van der Waals surface area contributed by atoms with Gasteiger partial charge in [0.05, 0.1) is 0 Å². The van der Waals surface area contributed by atoms with Crippen LogP contribution in [-0.2, 0) is 0 Å². The van der Waals surface area contributed by atoms with E-state index in [1.165, 1.54) is 16.7 Å². The smallest absolute Gasteiger partial charge is 0.164 e. The molecule has 4 nitrogen and oxygen atoms in total. The number of rotatable bonds is 7. The zero-order chi connectivity index (χ0) is 37.4. The molecule has 0 saturated carbocycles.